The van der Waals surface area contributed by atoms with Gasteiger partial charge in [0.25, 0.3) is 0 Å². The molecule has 8 heteroatoms. The van der Waals surface area contributed by atoms with Crippen LogP contribution in [0.4, 0.5) is 0 Å². The monoisotopic (exact) mass is 432 g/mol. The molecule has 4 unspecified atom stereocenters. The molecule has 8 nitrogen and oxygen atoms in total. The van der Waals surface area contributed by atoms with E-state index >= 15 is 0 Å². The Kier molecular flexibility index (Phi) is 3.24. The van der Waals surface area contributed by atoms with E-state index in [2.05, 4.69) is 0 Å². The molecule has 160 valence electrons. The number of ether oxygens (including phenoxy) is 4. The van der Waals surface area contributed by atoms with Crippen molar-refractivity contribution in [2.75, 3.05) is 14.2 Å². The molecule has 2 aliphatic heterocycles. The number of rotatable bonds is 2. The summed E-state index contributed by atoms with van der Waals surface area (Å²) in [6.07, 6.45) is 3.13. The zero-order valence-corrected chi connectivity index (χ0v) is 17.0. The number of furan rings is 2. The van der Waals surface area contributed by atoms with Crippen molar-refractivity contribution in [1.82, 2.24) is 0 Å². The van der Waals surface area contributed by atoms with E-state index in [1.54, 1.807) is 38.9 Å². The van der Waals surface area contributed by atoms with Crippen LogP contribution in [-0.4, -0.2) is 26.2 Å². The fraction of sp³-hybridized carbons (Fsp3) is 0.250. The van der Waals surface area contributed by atoms with E-state index in [-0.39, 0.29) is 11.8 Å². The Morgan fingerprint density at radius 3 is 1.53 bits per heavy atom. The first-order valence-corrected chi connectivity index (χ1v) is 10.2. The lowest BCUT2D eigenvalue weighted by Crippen LogP contribution is -2.57. The van der Waals surface area contributed by atoms with Gasteiger partial charge in [-0.15, -0.1) is 0 Å². The zero-order chi connectivity index (χ0) is 21.7. The molecule has 3 aliphatic rings. The van der Waals surface area contributed by atoms with Crippen molar-refractivity contribution in [2.24, 2.45) is 11.8 Å². The van der Waals surface area contributed by atoms with Crippen LogP contribution in [0.25, 0.3) is 21.9 Å². The van der Waals surface area contributed by atoms with Crippen LogP contribution in [0, 0.1) is 11.8 Å². The minimum atomic E-state index is -0.670. The van der Waals surface area contributed by atoms with Crippen LogP contribution in [0.1, 0.15) is 23.0 Å². The maximum Gasteiger partial charge on any atom is 0.315 e. The molecule has 4 heterocycles. The minimum absolute atomic E-state index is 0.338. The third-order valence-corrected chi connectivity index (χ3v) is 7.01. The second kappa shape index (κ2) is 5.85. The largest absolute Gasteiger partial charge is 0.496 e. The number of hydrogen-bond acceptors (Lipinski definition) is 8. The van der Waals surface area contributed by atoms with Gasteiger partial charge < -0.3 is 27.8 Å². The highest BCUT2D eigenvalue weighted by Gasteiger charge is 2.66. The van der Waals surface area contributed by atoms with Crippen LogP contribution in [0.15, 0.2) is 45.6 Å². The fourth-order valence-electron chi connectivity index (χ4n) is 5.79. The van der Waals surface area contributed by atoms with E-state index in [1.165, 1.54) is 0 Å². The molecule has 0 bridgehead atoms. The molecule has 0 spiro atoms. The van der Waals surface area contributed by atoms with Crippen molar-refractivity contribution in [3.8, 4) is 23.0 Å². The molecule has 32 heavy (non-hydrogen) atoms. The van der Waals surface area contributed by atoms with Crippen molar-refractivity contribution in [3.05, 3.63) is 47.9 Å². The lowest BCUT2D eigenvalue weighted by molar-refractivity contribution is -0.165. The van der Waals surface area contributed by atoms with Gasteiger partial charge in [0.1, 0.15) is 34.2 Å². The molecule has 4 aromatic rings. The molecule has 0 amide bonds. The second-order valence-corrected chi connectivity index (χ2v) is 8.25. The molecule has 2 aromatic heterocycles. The van der Waals surface area contributed by atoms with Gasteiger partial charge in [-0.2, -0.15) is 0 Å². The van der Waals surface area contributed by atoms with Crippen molar-refractivity contribution in [3.63, 3.8) is 0 Å². The smallest absolute Gasteiger partial charge is 0.315 e. The lowest BCUT2D eigenvalue weighted by atomic mass is 9.50. The van der Waals surface area contributed by atoms with Crippen LogP contribution < -0.4 is 18.9 Å². The number of methoxy groups -OCH3 is 2. The number of benzene rings is 2. The molecular formula is C24H16O8. The van der Waals surface area contributed by atoms with Crippen molar-refractivity contribution in [1.29, 1.82) is 0 Å². The maximum atomic E-state index is 13.0. The number of hydrogen-bond donors (Lipinski definition) is 0. The highest BCUT2D eigenvalue weighted by Crippen LogP contribution is 2.68. The van der Waals surface area contributed by atoms with Gasteiger partial charge >= 0.3 is 11.9 Å². The number of esters is 2. The maximum absolute atomic E-state index is 13.0. The SMILES string of the molecule is COc1c2c(cc3occc13)OC(=O)C1C3C(=O)Oc4cc5occc5c(OC)c4C3C21. The van der Waals surface area contributed by atoms with Crippen molar-refractivity contribution < 1.29 is 37.4 Å². The van der Waals surface area contributed by atoms with Gasteiger partial charge in [0, 0.05) is 35.1 Å². The van der Waals surface area contributed by atoms with Crippen LogP contribution in [-0.2, 0) is 9.59 Å². The summed E-state index contributed by atoms with van der Waals surface area (Å²) in [6.45, 7) is 0. The molecule has 1 aliphatic carbocycles. The highest BCUT2D eigenvalue weighted by atomic mass is 16.6. The third-order valence-electron chi connectivity index (χ3n) is 7.01. The Balaban J connectivity index is 1.52. The van der Waals surface area contributed by atoms with Gasteiger partial charge in [-0.05, 0) is 12.1 Å². The predicted molar refractivity (Wildman–Crippen MR) is 109 cm³/mol. The number of fused-ring (bicyclic) bond motifs is 10. The fourth-order valence-corrected chi connectivity index (χ4v) is 5.79. The highest BCUT2D eigenvalue weighted by molar-refractivity contribution is 5.98. The first-order valence-electron chi connectivity index (χ1n) is 10.2. The summed E-state index contributed by atoms with van der Waals surface area (Å²) in [5, 5.41) is 1.56. The molecular weight excluding hydrogens is 416 g/mol. The molecule has 4 atom stereocenters. The van der Waals surface area contributed by atoms with Crippen LogP contribution in [0.2, 0.25) is 0 Å². The summed E-state index contributed by atoms with van der Waals surface area (Å²) in [6, 6.07) is 7.03. The Morgan fingerprint density at radius 1 is 0.688 bits per heavy atom. The van der Waals surface area contributed by atoms with Gasteiger partial charge in [-0.25, -0.2) is 0 Å². The van der Waals surface area contributed by atoms with Crippen molar-refractivity contribution >= 4 is 33.9 Å². The normalized spacial score (nSPS) is 25.2. The Bertz CT molecular complexity index is 1360. The topological polar surface area (TPSA) is 97.3 Å². The van der Waals surface area contributed by atoms with E-state index in [9.17, 15) is 9.59 Å². The first kappa shape index (κ1) is 17.7. The van der Waals surface area contributed by atoms with Gasteiger partial charge in [0.15, 0.2) is 0 Å². The molecule has 0 N–H and O–H groups in total. The molecule has 0 saturated heterocycles. The van der Waals surface area contributed by atoms with Gasteiger partial charge in [-0.3, -0.25) is 9.59 Å². The Morgan fingerprint density at radius 2 is 1.12 bits per heavy atom. The third kappa shape index (κ3) is 1.93. The van der Waals surface area contributed by atoms with Crippen LogP contribution in [0.5, 0.6) is 23.0 Å². The number of carbonyl (C=O) groups is 2. The van der Waals surface area contributed by atoms with E-state index in [1.807, 2.05) is 12.1 Å². The Hall–Kier alpha value is -3.94. The van der Waals surface area contributed by atoms with E-state index < -0.39 is 23.8 Å². The lowest BCUT2D eigenvalue weighted by Gasteiger charge is -2.53. The van der Waals surface area contributed by atoms with Crippen LogP contribution >= 0.6 is 0 Å². The van der Waals surface area contributed by atoms with Crippen LogP contribution in [0.3, 0.4) is 0 Å². The summed E-state index contributed by atoms with van der Waals surface area (Å²) in [7, 11) is 3.14. The average molecular weight is 432 g/mol. The standard InChI is InChI=1S/C24H16O8/c1-27-21-9-3-5-29-11(9)7-13-15(21)17-18-16-14(8-12-10(4-6-30-12)22(16)28-2)32-24(26)20(18)19(17)23(25)31-13/h3-8,17-20H,1-2H3. The molecule has 1 saturated carbocycles. The van der Waals surface area contributed by atoms with E-state index in [4.69, 9.17) is 27.8 Å². The van der Waals surface area contributed by atoms with E-state index in [0.717, 1.165) is 21.9 Å². The van der Waals surface area contributed by atoms with E-state index in [0.29, 0.717) is 34.2 Å². The summed E-state index contributed by atoms with van der Waals surface area (Å²) < 4.78 is 33.9. The molecule has 1 fully saturated rings. The van der Waals surface area contributed by atoms with Crippen molar-refractivity contribution in [2.45, 2.75) is 11.8 Å². The van der Waals surface area contributed by atoms with Gasteiger partial charge in [0.05, 0.1) is 49.4 Å². The molecule has 7 rings (SSSR count). The van der Waals surface area contributed by atoms with Gasteiger partial charge in [-0.1, -0.05) is 0 Å². The Labute approximate surface area is 180 Å². The quantitative estimate of drug-likeness (QED) is 0.344. The summed E-state index contributed by atoms with van der Waals surface area (Å²) in [5.74, 6) is -0.998. The average Bonchev–Trinajstić information content (AvgIpc) is 3.41. The minimum Gasteiger partial charge on any atom is -0.496 e. The van der Waals surface area contributed by atoms with Gasteiger partial charge in [0.2, 0.25) is 0 Å². The second-order valence-electron chi connectivity index (χ2n) is 8.25. The number of carbonyl (C=O) groups excluding carboxylic acids is 2. The molecule has 0 radical (unpaired) electrons. The summed E-state index contributed by atoms with van der Waals surface area (Å²) in [4.78, 5) is 26.0. The summed E-state index contributed by atoms with van der Waals surface area (Å²) >= 11 is 0. The first-order chi connectivity index (χ1) is 15.6. The predicted octanol–water partition coefficient (Wildman–Crippen LogP) is 4.15. The summed E-state index contributed by atoms with van der Waals surface area (Å²) in [5.41, 5.74) is 2.62. The zero-order valence-electron chi connectivity index (χ0n) is 17.0. The molecule has 2 aromatic carbocycles.